The van der Waals surface area contributed by atoms with E-state index in [1.54, 1.807) is 0 Å². The van der Waals surface area contributed by atoms with E-state index in [0.717, 1.165) is 12.3 Å². The molecule has 0 unspecified atom stereocenters. The number of carbonyl (C=O) groups is 1. The first kappa shape index (κ1) is 9.52. The van der Waals surface area contributed by atoms with Crippen LogP contribution in [0.3, 0.4) is 0 Å². The highest BCUT2D eigenvalue weighted by Gasteiger charge is 2.18. The Kier molecular flexibility index (Phi) is 3.53. The Bertz CT molecular complexity index is 153. The van der Waals surface area contributed by atoms with Gasteiger partial charge in [0, 0.05) is 0 Å². The van der Waals surface area contributed by atoms with Crippen molar-refractivity contribution in [3.8, 4) is 0 Å². The molecule has 1 fully saturated rings. The van der Waals surface area contributed by atoms with Gasteiger partial charge in [-0.1, -0.05) is 25.7 Å². The SMILES string of the molecule is N[C@H](CCC1CCCC1)C(=O)O. The molecule has 3 heteroatoms. The molecule has 0 aromatic heterocycles. The van der Waals surface area contributed by atoms with Crippen LogP contribution in [0.4, 0.5) is 0 Å². The number of hydrogen-bond donors (Lipinski definition) is 2. The van der Waals surface area contributed by atoms with Gasteiger partial charge in [-0.15, -0.1) is 0 Å². The molecule has 0 bridgehead atoms. The zero-order valence-corrected chi connectivity index (χ0v) is 7.33. The molecule has 0 aromatic rings. The van der Waals surface area contributed by atoms with Gasteiger partial charge in [-0.25, -0.2) is 0 Å². The van der Waals surface area contributed by atoms with Crippen LogP contribution >= 0.6 is 0 Å². The lowest BCUT2D eigenvalue weighted by atomic mass is 9.99. The molecular weight excluding hydrogens is 154 g/mol. The fourth-order valence-electron chi connectivity index (χ4n) is 1.84. The van der Waals surface area contributed by atoms with Crippen LogP contribution in [0, 0.1) is 5.92 Å². The van der Waals surface area contributed by atoms with Crippen LogP contribution in [0.15, 0.2) is 0 Å². The molecule has 1 aliphatic rings. The van der Waals surface area contributed by atoms with Gasteiger partial charge in [-0.05, 0) is 18.8 Å². The van der Waals surface area contributed by atoms with Crippen LogP contribution in [0.5, 0.6) is 0 Å². The lowest BCUT2D eigenvalue weighted by molar-refractivity contribution is -0.138. The molecule has 0 aromatic carbocycles. The number of rotatable bonds is 4. The first-order valence-corrected chi connectivity index (χ1v) is 4.68. The second kappa shape index (κ2) is 4.45. The Morgan fingerprint density at radius 1 is 1.50 bits per heavy atom. The third-order valence-electron chi connectivity index (χ3n) is 2.68. The topological polar surface area (TPSA) is 63.3 Å². The van der Waals surface area contributed by atoms with E-state index in [1.807, 2.05) is 0 Å². The maximum atomic E-state index is 10.4. The highest BCUT2D eigenvalue weighted by Crippen LogP contribution is 2.28. The van der Waals surface area contributed by atoms with Gasteiger partial charge in [0.25, 0.3) is 0 Å². The molecule has 0 saturated heterocycles. The largest absolute Gasteiger partial charge is 0.480 e. The van der Waals surface area contributed by atoms with E-state index in [4.69, 9.17) is 10.8 Å². The number of hydrogen-bond acceptors (Lipinski definition) is 2. The van der Waals surface area contributed by atoms with Crippen LogP contribution in [0.2, 0.25) is 0 Å². The Labute approximate surface area is 72.9 Å². The van der Waals surface area contributed by atoms with Crippen LogP contribution in [0.25, 0.3) is 0 Å². The van der Waals surface area contributed by atoms with Gasteiger partial charge >= 0.3 is 5.97 Å². The summed E-state index contributed by atoms with van der Waals surface area (Å²) in [5.41, 5.74) is 5.40. The maximum absolute atomic E-state index is 10.4. The quantitative estimate of drug-likeness (QED) is 0.671. The van der Waals surface area contributed by atoms with Crippen molar-refractivity contribution in [2.75, 3.05) is 0 Å². The van der Waals surface area contributed by atoms with Crippen molar-refractivity contribution in [2.24, 2.45) is 11.7 Å². The van der Waals surface area contributed by atoms with Crippen molar-refractivity contribution in [1.29, 1.82) is 0 Å². The summed E-state index contributed by atoms with van der Waals surface area (Å²) in [6.07, 6.45) is 6.80. The highest BCUT2D eigenvalue weighted by atomic mass is 16.4. The Hall–Kier alpha value is -0.570. The second-order valence-corrected chi connectivity index (χ2v) is 3.67. The summed E-state index contributed by atoms with van der Waals surface area (Å²) < 4.78 is 0. The first-order chi connectivity index (χ1) is 5.70. The fourth-order valence-corrected chi connectivity index (χ4v) is 1.84. The van der Waals surface area contributed by atoms with Gasteiger partial charge in [0.1, 0.15) is 6.04 Å². The minimum absolute atomic E-state index is 0.639. The molecule has 3 N–H and O–H groups in total. The minimum Gasteiger partial charge on any atom is -0.480 e. The molecule has 0 aliphatic heterocycles. The van der Waals surface area contributed by atoms with Crippen molar-refractivity contribution >= 4 is 5.97 Å². The first-order valence-electron chi connectivity index (χ1n) is 4.68. The average Bonchev–Trinajstić information content (AvgIpc) is 2.51. The van der Waals surface area contributed by atoms with Crippen molar-refractivity contribution in [1.82, 2.24) is 0 Å². The predicted molar refractivity (Wildman–Crippen MR) is 46.8 cm³/mol. The van der Waals surface area contributed by atoms with Gasteiger partial charge in [0.2, 0.25) is 0 Å². The molecule has 0 radical (unpaired) electrons. The summed E-state index contributed by atoms with van der Waals surface area (Å²) in [5.74, 6) is -0.122. The summed E-state index contributed by atoms with van der Waals surface area (Å²) in [4.78, 5) is 10.4. The Morgan fingerprint density at radius 2 is 2.08 bits per heavy atom. The minimum atomic E-state index is -0.868. The van der Waals surface area contributed by atoms with Crippen molar-refractivity contribution < 1.29 is 9.90 Å². The zero-order chi connectivity index (χ0) is 8.97. The maximum Gasteiger partial charge on any atom is 0.320 e. The van der Waals surface area contributed by atoms with E-state index in [9.17, 15) is 4.79 Å². The summed E-state index contributed by atoms with van der Waals surface area (Å²) in [6, 6.07) is -0.648. The van der Waals surface area contributed by atoms with E-state index in [2.05, 4.69) is 0 Å². The molecule has 0 amide bonds. The lowest BCUT2D eigenvalue weighted by Gasteiger charge is -2.10. The summed E-state index contributed by atoms with van der Waals surface area (Å²) in [5, 5.41) is 8.53. The van der Waals surface area contributed by atoms with Gasteiger partial charge in [-0.3, -0.25) is 4.79 Å². The molecule has 0 heterocycles. The smallest absolute Gasteiger partial charge is 0.320 e. The summed E-state index contributed by atoms with van der Waals surface area (Å²) >= 11 is 0. The molecular formula is C9H17NO2. The molecule has 12 heavy (non-hydrogen) atoms. The molecule has 70 valence electrons. The number of aliphatic carboxylic acids is 1. The van der Waals surface area contributed by atoms with E-state index >= 15 is 0 Å². The van der Waals surface area contributed by atoms with Gasteiger partial charge in [0.05, 0.1) is 0 Å². The molecule has 0 spiro atoms. The third-order valence-corrected chi connectivity index (χ3v) is 2.68. The van der Waals surface area contributed by atoms with E-state index in [1.165, 1.54) is 25.7 Å². The lowest BCUT2D eigenvalue weighted by Crippen LogP contribution is -2.30. The van der Waals surface area contributed by atoms with E-state index < -0.39 is 12.0 Å². The van der Waals surface area contributed by atoms with Gasteiger partial charge in [0.15, 0.2) is 0 Å². The van der Waals surface area contributed by atoms with Crippen molar-refractivity contribution in [3.63, 3.8) is 0 Å². The zero-order valence-electron chi connectivity index (χ0n) is 7.33. The third kappa shape index (κ3) is 2.81. The highest BCUT2D eigenvalue weighted by molar-refractivity contribution is 5.72. The second-order valence-electron chi connectivity index (χ2n) is 3.67. The Balaban J connectivity index is 2.11. The standard InChI is InChI=1S/C9H17NO2/c10-8(9(11)12)6-5-7-3-1-2-4-7/h7-8H,1-6,10H2,(H,11,12)/t8-/m1/s1. The van der Waals surface area contributed by atoms with Crippen LogP contribution in [-0.4, -0.2) is 17.1 Å². The van der Waals surface area contributed by atoms with Crippen LogP contribution in [-0.2, 0) is 4.79 Å². The molecule has 1 saturated carbocycles. The van der Waals surface area contributed by atoms with Crippen LogP contribution in [0.1, 0.15) is 38.5 Å². The summed E-state index contributed by atoms with van der Waals surface area (Å²) in [7, 11) is 0. The number of nitrogens with two attached hydrogens (primary N) is 1. The van der Waals surface area contributed by atoms with Crippen molar-refractivity contribution in [2.45, 2.75) is 44.6 Å². The predicted octanol–water partition coefficient (Wildman–Crippen LogP) is 1.37. The molecule has 3 nitrogen and oxygen atoms in total. The number of carboxylic acid groups (broad SMARTS) is 1. The van der Waals surface area contributed by atoms with Gasteiger partial charge < -0.3 is 10.8 Å². The fraction of sp³-hybridized carbons (Fsp3) is 0.889. The van der Waals surface area contributed by atoms with Crippen LogP contribution < -0.4 is 5.73 Å². The monoisotopic (exact) mass is 171 g/mol. The van der Waals surface area contributed by atoms with E-state index in [-0.39, 0.29) is 0 Å². The molecule has 1 aliphatic carbocycles. The van der Waals surface area contributed by atoms with Gasteiger partial charge in [-0.2, -0.15) is 0 Å². The normalized spacial score (nSPS) is 21.1. The molecule has 1 rings (SSSR count). The average molecular weight is 171 g/mol. The Morgan fingerprint density at radius 3 is 2.58 bits per heavy atom. The molecule has 1 atom stereocenters. The summed E-state index contributed by atoms with van der Waals surface area (Å²) in [6.45, 7) is 0. The van der Waals surface area contributed by atoms with Crippen molar-refractivity contribution in [3.05, 3.63) is 0 Å². The number of carboxylic acids is 1. The van der Waals surface area contributed by atoms with E-state index in [0.29, 0.717) is 6.42 Å².